The SMILES string of the molecule is CCC1CCCC(NC(=O)N2CCS(=O)(=O)C(C)C2C)C1. The minimum Gasteiger partial charge on any atom is -0.335 e. The number of hydrogen-bond donors (Lipinski definition) is 1. The van der Waals surface area contributed by atoms with Crippen molar-refractivity contribution in [3.8, 4) is 0 Å². The Kier molecular flexibility index (Phi) is 5.17. The zero-order valence-corrected chi connectivity index (χ0v) is 14.2. The van der Waals surface area contributed by atoms with Crippen molar-refractivity contribution in [3.05, 3.63) is 0 Å². The number of nitrogens with one attached hydrogen (secondary N) is 1. The lowest BCUT2D eigenvalue weighted by molar-refractivity contribution is 0.167. The van der Waals surface area contributed by atoms with Crippen LogP contribution in [0.4, 0.5) is 4.79 Å². The third-order valence-corrected chi connectivity index (χ3v) is 7.58. The van der Waals surface area contributed by atoms with Crippen LogP contribution in [0.1, 0.15) is 52.9 Å². The monoisotopic (exact) mass is 316 g/mol. The first kappa shape index (κ1) is 16.6. The van der Waals surface area contributed by atoms with E-state index < -0.39 is 15.1 Å². The fraction of sp³-hybridized carbons (Fsp3) is 0.933. The largest absolute Gasteiger partial charge is 0.335 e. The van der Waals surface area contributed by atoms with Crippen molar-refractivity contribution in [2.24, 2.45) is 5.92 Å². The molecule has 21 heavy (non-hydrogen) atoms. The zero-order chi connectivity index (χ0) is 15.6. The van der Waals surface area contributed by atoms with Crippen molar-refractivity contribution in [2.45, 2.75) is 70.2 Å². The van der Waals surface area contributed by atoms with E-state index in [4.69, 9.17) is 0 Å². The Morgan fingerprint density at radius 2 is 2.00 bits per heavy atom. The summed E-state index contributed by atoms with van der Waals surface area (Å²) in [6, 6.07) is -0.0995. The molecule has 0 aromatic rings. The average Bonchev–Trinajstić information content (AvgIpc) is 2.45. The number of urea groups is 1. The van der Waals surface area contributed by atoms with Crippen LogP contribution in [0.5, 0.6) is 0 Å². The second-order valence-corrected chi connectivity index (χ2v) is 9.07. The van der Waals surface area contributed by atoms with E-state index in [9.17, 15) is 13.2 Å². The molecule has 1 saturated heterocycles. The summed E-state index contributed by atoms with van der Waals surface area (Å²) >= 11 is 0. The van der Waals surface area contributed by atoms with E-state index in [1.165, 1.54) is 19.3 Å². The van der Waals surface area contributed by atoms with Crippen LogP contribution in [-0.4, -0.2) is 49.0 Å². The molecule has 5 nitrogen and oxygen atoms in total. The van der Waals surface area contributed by atoms with E-state index in [2.05, 4.69) is 12.2 Å². The van der Waals surface area contributed by atoms with Gasteiger partial charge in [0, 0.05) is 18.6 Å². The molecule has 6 heteroatoms. The van der Waals surface area contributed by atoms with Gasteiger partial charge in [-0.05, 0) is 32.6 Å². The molecule has 0 spiro atoms. The molecule has 0 radical (unpaired) electrons. The summed E-state index contributed by atoms with van der Waals surface area (Å²) in [6.07, 6.45) is 5.69. The predicted molar refractivity (Wildman–Crippen MR) is 84.0 cm³/mol. The molecule has 1 N–H and O–H groups in total. The lowest BCUT2D eigenvalue weighted by atomic mass is 9.84. The van der Waals surface area contributed by atoms with Gasteiger partial charge in [0.2, 0.25) is 0 Å². The predicted octanol–water partition coefficient (Wildman–Crippen LogP) is 2.17. The van der Waals surface area contributed by atoms with Crippen molar-refractivity contribution in [2.75, 3.05) is 12.3 Å². The third-order valence-electron chi connectivity index (χ3n) is 5.30. The van der Waals surface area contributed by atoms with Gasteiger partial charge < -0.3 is 10.2 Å². The van der Waals surface area contributed by atoms with Gasteiger partial charge in [-0.1, -0.05) is 26.2 Å². The van der Waals surface area contributed by atoms with Crippen LogP contribution in [0.15, 0.2) is 0 Å². The molecule has 4 atom stereocenters. The van der Waals surface area contributed by atoms with Gasteiger partial charge >= 0.3 is 6.03 Å². The summed E-state index contributed by atoms with van der Waals surface area (Å²) in [5.41, 5.74) is 0. The van der Waals surface area contributed by atoms with Crippen LogP contribution < -0.4 is 5.32 Å². The van der Waals surface area contributed by atoms with Crippen molar-refractivity contribution in [1.82, 2.24) is 10.2 Å². The number of carbonyl (C=O) groups excluding carboxylic acids is 1. The highest BCUT2D eigenvalue weighted by Gasteiger charge is 2.38. The van der Waals surface area contributed by atoms with Gasteiger partial charge in [0.25, 0.3) is 0 Å². The zero-order valence-electron chi connectivity index (χ0n) is 13.3. The minimum atomic E-state index is -3.04. The Labute approximate surface area is 128 Å². The highest BCUT2D eigenvalue weighted by Crippen LogP contribution is 2.27. The standard InChI is InChI=1S/C15H28N2O3S/c1-4-13-6-5-7-14(10-13)16-15(18)17-8-9-21(19,20)12(3)11(17)2/h11-14H,4-10H2,1-3H3,(H,16,18). The maximum atomic E-state index is 12.4. The number of amides is 2. The molecule has 1 aliphatic heterocycles. The molecule has 4 unspecified atom stereocenters. The third kappa shape index (κ3) is 3.71. The van der Waals surface area contributed by atoms with Crippen molar-refractivity contribution in [3.63, 3.8) is 0 Å². The summed E-state index contributed by atoms with van der Waals surface area (Å²) in [4.78, 5) is 14.1. The smallest absolute Gasteiger partial charge is 0.317 e. The van der Waals surface area contributed by atoms with E-state index in [-0.39, 0.29) is 23.9 Å². The number of rotatable bonds is 2. The van der Waals surface area contributed by atoms with Crippen molar-refractivity contribution < 1.29 is 13.2 Å². The van der Waals surface area contributed by atoms with Crippen LogP contribution in [0.25, 0.3) is 0 Å². The summed E-state index contributed by atoms with van der Waals surface area (Å²) < 4.78 is 23.7. The normalized spacial score (nSPS) is 36.2. The topological polar surface area (TPSA) is 66.5 Å². The van der Waals surface area contributed by atoms with E-state index in [0.29, 0.717) is 12.5 Å². The van der Waals surface area contributed by atoms with E-state index in [1.54, 1.807) is 11.8 Å². The van der Waals surface area contributed by atoms with Gasteiger partial charge in [-0.25, -0.2) is 13.2 Å². The molecule has 1 aliphatic carbocycles. The Morgan fingerprint density at radius 1 is 1.29 bits per heavy atom. The van der Waals surface area contributed by atoms with Crippen LogP contribution >= 0.6 is 0 Å². The Morgan fingerprint density at radius 3 is 2.67 bits per heavy atom. The molecular weight excluding hydrogens is 288 g/mol. The van der Waals surface area contributed by atoms with Crippen LogP contribution in [-0.2, 0) is 9.84 Å². The summed E-state index contributed by atoms with van der Waals surface area (Å²) in [6.45, 7) is 6.04. The van der Waals surface area contributed by atoms with Gasteiger partial charge in [-0.3, -0.25) is 0 Å². The van der Waals surface area contributed by atoms with Crippen LogP contribution in [0.2, 0.25) is 0 Å². The van der Waals surface area contributed by atoms with Gasteiger partial charge in [0.05, 0.1) is 11.0 Å². The quantitative estimate of drug-likeness (QED) is 0.849. The molecule has 0 bridgehead atoms. The first-order valence-electron chi connectivity index (χ1n) is 8.13. The fourth-order valence-corrected chi connectivity index (χ4v) is 5.08. The number of hydrogen-bond acceptors (Lipinski definition) is 3. The minimum absolute atomic E-state index is 0.0776. The number of sulfone groups is 1. The van der Waals surface area contributed by atoms with Crippen molar-refractivity contribution >= 4 is 15.9 Å². The maximum Gasteiger partial charge on any atom is 0.317 e. The lowest BCUT2D eigenvalue weighted by Gasteiger charge is -2.39. The first-order chi connectivity index (χ1) is 9.85. The second kappa shape index (κ2) is 6.55. The molecule has 2 amide bonds. The second-order valence-electron chi connectivity index (χ2n) is 6.59. The van der Waals surface area contributed by atoms with E-state index in [1.807, 2.05) is 6.92 Å². The fourth-order valence-electron chi connectivity index (χ4n) is 3.51. The molecule has 0 aromatic carbocycles. The molecule has 2 aliphatic rings. The van der Waals surface area contributed by atoms with Crippen LogP contribution in [0, 0.1) is 5.92 Å². The summed E-state index contributed by atoms with van der Waals surface area (Å²) in [7, 11) is -3.04. The first-order valence-corrected chi connectivity index (χ1v) is 9.85. The summed E-state index contributed by atoms with van der Waals surface area (Å²) in [5, 5.41) is 2.64. The Hall–Kier alpha value is -0.780. The molecule has 0 aromatic heterocycles. The highest BCUT2D eigenvalue weighted by atomic mass is 32.2. The Bertz CT molecular complexity index is 477. The molecule has 1 heterocycles. The lowest BCUT2D eigenvalue weighted by Crippen LogP contribution is -2.58. The van der Waals surface area contributed by atoms with Gasteiger partial charge in [0.1, 0.15) is 0 Å². The molecule has 2 fully saturated rings. The van der Waals surface area contributed by atoms with E-state index in [0.717, 1.165) is 12.8 Å². The maximum absolute atomic E-state index is 12.4. The number of carbonyl (C=O) groups is 1. The van der Waals surface area contributed by atoms with Crippen molar-refractivity contribution in [1.29, 1.82) is 0 Å². The molecule has 122 valence electrons. The Balaban J connectivity index is 1.94. The van der Waals surface area contributed by atoms with Gasteiger partial charge in [0.15, 0.2) is 9.84 Å². The molecular formula is C15H28N2O3S. The molecule has 2 rings (SSSR count). The highest BCUT2D eigenvalue weighted by molar-refractivity contribution is 7.92. The summed E-state index contributed by atoms with van der Waals surface area (Å²) in [5.74, 6) is 0.788. The average molecular weight is 316 g/mol. The molecule has 1 saturated carbocycles. The number of nitrogens with zero attached hydrogens (tertiary/aromatic N) is 1. The van der Waals surface area contributed by atoms with Gasteiger partial charge in [-0.2, -0.15) is 0 Å². The van der Waals surface area contributed by atoms with Crippen LogP contribution in [0.3, 0.4) is 0 Å². The van der Waals surface area contributed by atoms with E-state index >= 15 is 0 Å². The van der Waals surface area contributed by atoms with Gasteiger partial charge in [-0.15, -0.1) is 0 Å².